The predicted molar refractivity (Wildman–Crippen MR) is 121 cm³/mol. The number of benzene rings is 3. The molecule has 1 saturated carbocycles. The summed E-state index contributed by atoms with van der Waals surface area (Å²) in [5, 5.41) is 0. The summed E-state index contributed by atoms with van der Waals surface area (Å²) < 4.78 is 58.4. The van der Waals surface area contributed by atoms with Crippen LogP contribution in [-0.2, 0) is 0 Å². The van der Waals surface area contributed by atoms with Crippen LogP contribution in [0.15, 0.2) is 108 Å². The summed E-state index contributed by atoms with van der Waals surface area (Å²) in [6.07, 6.45) is -4.63. The summed E-state index contributed by atoms with van der Waals surface area (Å²) in [5.74, 6) is -0.650. The molecule has 0 N–H and O–H groups in total. The molecule has 0 atom stereocenters. The van der Waals surface area contributed by atoms with Crippen LogP contribution in [0.5, 0.6) is 0 Å². The van der Waals surface area contributed by atoms with E-state index in [1.165, 1.54) is 12.1 Å². The SMILES string of the molecule is FC(=C1C(=C(I)c2ccccc2)C1=C(c1ccccc1)C(F)(F)F)c1ccccc1. The first-order chi connectivity index (χ1) is 14.4. The first kappa shape index (κ1) is 20.6. The molecular weight excluding hydrogens is 503 g/mol. The molecule has 30 heavy (non-hydrogen) atoms. The van der Waals surface area contributed by atoms with Gasteiger partial charge in [0, 0.05) is 25.9 Å². The fourth-order valence-corrected chi connectivity index (χ4v) is 4.29. The molecule has 4 rings (SSSR count). The molecule has 0 saturated heterocycles. The van der Waals surface area contributed by atoms with Crippen molar-refractivity contribution in [1.82, 2.24) is 0 Å². The minimum Gasteiger partial charge on any atom is -0.206 e. The lowest BCUT2D eigenvalue weighted by Crippen LogP contribution is -2.11. The number of rotatable bonds is 3. The summed E-state index contributed by atoms with van der Waals surface area (Å²) in [6, 6.07) is 24.8. The Balaban J connectivity index is 2.04. The van der Waals surface area contributed by atoms with Gasteiger partial charge < -0.3 is 0 Å². The van der Waals surface area contributed by atoms with Gasteiger partial charge in [0.05, 0.1) is 5.57 Å². The van der Waals surface area contributed by atoms with E-state index < -0.39 is 17.6 Å². The molecule has 0 bridgehead atoms. The van der Waals surface area contributed by atoms with E-state index in [9.17, 15) is 13.2 Å². The van der Waals surface area contributed by atoms with Crippen molar-refractivity contribution in [1.29, 1.82) is 0 Å². The molecule has 0 unspecified atom stereocenters. The lowest BCUT2D eigenvalue weighted by Gasteiger charge is -2.11. The second kappa shape index (κ2) is 8.22. The molecule has 0 nitrogen and oxygen atoms in total. The third-order valence-corrected chi connectivity index (χ3v) is 5.94. The smallest absolute Gasteiger partial charge is 0.206 e. The maximum absolute atomic E-state index is 15.4. The van der Waals surface area contributed by atoms with Crippen LogP contribution >= 0.6 is 22.6 Å². The van der Waals surface area contributed by atoms with Crippen LogP contribution in [-0.4, -0.2) is 6.18 Å². The fraction of sp³-hybridized carbons (Fsp3) is 0.0400. The summed E-state index contributed by atoms with van der Waals surface area (Å²) in [6.45, 7) is 0. The van der Waals surface area contributed by atoms with E-state index in [-0.39, 0.29) is 22.3 Å². The number of halogens is 5. The molecule has 0 aliphatic heterocycles. The van der Waals surface area contributed by atoms with Crippen LogP contribution in [0.1, 0.15) is 16.7 Å². The number of hydrogen-bond acceptors (Lipinski definition) is 0. The lowest BCUT2D eigenvalue weighted by atomic mass is 10.0. The van der Waals surface area contributed by atoms with Gasteiger partial charge in [0.1, 0.15) is 5.83 Å². The Morgan fingerprint density at radius 2 is 1.00 bits per heavy atom. The van der Waals surface area contributed by atoms with Gasteiger partial charge in [-0.15, -0.1) is 0 Å². The Hall–Kier alpha value is -2.67. The van der Waals surface area contributed by atoms with Gasteiger partial charge in [-0.25, -0.2) is 4.39 Å². The molecule has 3 aromatic carbocycles. The Morgan fingerprint density at radius 3 is 1.47 bits per heavy atom. The predicted octanol–water partition coefficient (Wildman–Crippen LogP) is 8.24. The second-order valence-corrected chi connectivity index (χ2v) is 7.80. The Bertz CT molecular complexity index is 1090. The summed E-state index contributed by atoms with van der Waals surface area (Å²) in [7, 11) is 0. The van der Waals surface area contributed by atoms with Crippen LogP contribution in [0.2, 0.25) is 0 Å². The van der Waals surface area contributed by atoms with Gasteiger partial charge >= 0.3 is 6.18 Å². The van der Waals surface area contributed by atoms with Crippen LogP contribution < -0.4 is 0 Å². The van der Waals surface area contributed by atoms with Gasteiger partial charge in [0.15, 0.2) is 0 Å². The van der Waals surface area contributed by atoms with E-state index in [0.717, 1.165) is 5.56 Å². The van der Waals surface area contributed by atoms with Crippen molar-refractivity contribution in [2.24, 2.45) is 0 Å². The van der Waals surface area contributed by atoms with Gasteiger partial charge in [-0.05, 0) is 33.7 Å². The zero-order valence-electron chi connectivity index (χ0n) is 15.6. The quantitative estimate of drug-likeness (QED) is 0.242. The third-order valence-electron chi connectivity index (χ3n) is 4.78. The molecule has 1 aliphatic rings. The second-order valence-electron chi connectivity index (χ2n) is 6.72. The fourth-order valence-electron chi connectivity index (χ4n) is 3.39. The highest BCUT2D eigenvalue weighted by Gasteiger charge is 2.48. The minimum atomic E-state index is -4.63. The zero-order valence-corrected chi connectivity index (χ0v) is 17.7. The molecule has 5 heteroatoms. The van der Waals surface area contributed by atoms with Crippen molar-refractivity contribution in [3.8, 4) is 0 Å². The molecule has 0 spiro atoms. The largest absolute Gasteiger partial charge is 0.417 e. The number of alkyl halides is 3. The monoisotopic (exact) mass is 518 g/mol. The lowest BCUT2D eigenvalue weighted by molar-refractivity contribution is -0.0690. The van der Waals surface area contributed by atoms with Crippen molar-refractivity contribution >= 4 is 37.6 Å². The normalized spacial score (nSPS) is 18.7. The molecule has 0 heterocycles. The van der Waals surface area contributed by atoms with Gasteiger partial charge in [-0.2, -0.15) is 13.2 Å². The first-order valence-corrected chi connectivity index (χ1v) is 10.3. The maximum Gasteiger partial charge on any atom is 0.417 e. The Morgan fingerprint density at radius 1 is 0.567 bits per heavy atom. The van der Waals surface area contributed by atoms with Crippen molar-refractivity contribution in [2.75, 3.05) is 0 Å². The van der Waals surface area contributed by atoms with E-state index in [1.54, 1.807) is 72.8 Å². The molecule has 1 fully saturated rings. The zero-order chi connectivity index (χ0) is 21.3. The highest BCUT2D eigenvalue weighted by atomic mass is 127. The van der Waals surface area contributed by atoms with Crippen LogP contribution in [0.25, 0.3) is 15.0 Å². The summed E-state index contributed by atoms with van der Waals surface area (Å²) in [4.78, 5) is 0. The van der Waals surface area contributed by atoms with E-state index in [0.29, 0.717) is 9.15 Å². The molecule has 3 aromatic rings. The number of hydrogen-bond donors (Lipinski definition) is 0. The van der Waals surface area contributed by atoms with E-state index in [2.05, 4.69) is 0 Å². The van der Waals surface area contributed by atoms with Gasteiger partial charge in [-0.3, -0.25) is 0 Å². The standard InChI is InChI=1S/C25H15F4I/c26-23(17-12-6-2-7-13-17)20-19(21(20)24(30)18-14-8-3-9-15-18)22(25(27,28)29)16-10-4-1-5-11-16/h1-15H. The average molecular weight is 518 g/mol. The maximum atomic E-state index is 15.4. The topological polar surface area (TPSA) is 0 Å². The van der Waals surface area contributed by atoms with Crippen molar-refractivity contribution in [2.45, 2.75) is 6.18 Å². The first-order valence-electron chi connectivity index (χ1n) is 9.18. The van der Waals surface area contributed by atoms with Gasteiger partial charge in [0.2, 0.25) is 0 Å². The molecule has 0 radical (unpaired) electrons. The number of allylic oxidation sites excluding steroid dienone is 4. The Labute approximate surface area is 185 Å². The highest BCUT2D eigenvalue weighted by Crippen LogP contribution is 2.60. The Kier molecular flexibility index (Phi) is 5.64. The van der Waals surface area contributed by atoms with Crippen LogP contribution in [0, 0.1) is 0 Å². The molecule has 1 aliphatic carbocycles. The molecule has 0 amide bonds. The molecule has 0 aromatic heterocycles. The highest BCUT2D eigenvalue weighted by molar-refractivity contribution is 14.1. The minimum absolute atomic E-state index is 0.0191. The van der Waals surface area contributed by atoms with Crippen LogP contribution in [0.4, 0.5) is 17.6 Å². The van der Waals surface area contributed by atoms with Crippen molar-refractivity contribution in [3.63, 3.8) is 0 Å². The van der Waals surface area contributed by atoms with Gasteiger partial charge in [-0.1, -0.05) is 91.0 Å². The van der Waals surface area contributed by atoms with Crippen LogP contribution in [0.3, 0.4) is 0 Å². The van der Waals surface area contributed by atoms with Crippen molar-refractivity contribution in [3.05, 3.63) is 124 Å². The molecular formula is C25H15F4I. The van der Waals surface area contributed by atoms with Gasteiger partial charge in [0.25, 0.3) is 0 Å². The van der Waals surface area contributed by atoms with E-state index in [1.807, 2.05) is 28.7 Å². The average Bonchev–Trinajstić information content (AvgIpc) is 3.48. The summed E-state index contributed by atoms with van der Waals surface area (Å²) in [5.41, 5.74) is 0.450. The third kappa shape index (κ3) is 3.99. The summed E-state index contributed by atoms with van der Waals surface area (Å²) >= 11 is 2.00. The molecule has 150 valence electrons. The van der Waals surface area contributed by atoms with E-state index in [4.69, 9.17) is 0 Å². The van der Waals surface area contributed by atoms with E-state index >= 15 is 4.39 Å². The van der Waals surface area contributed by atoms with Crippen molar-refractivity contribution < 1.29 is 17.6 Å².